The molecular weight excluding hydrogens is 754 g/mol. The second-order valence-electron chi connectivity index (χ2n) is 16.8. The molecule has 2 aromatic rings. The minimum Gasteiger partial charge on any atom is -0.499 e. The lowest BCUT2D eigenvalue weighted by Gasteiger charge is -2.49. The normalized spacial score (nSPS) is 28.3. The van der Waals surface area contributed by atoms with E-state index in [4.69, 9.17) is 33.6 Å². The summed E-state index contributed by atoms with van der Waals surface area (Å²) < 4.78 is 30.2. The molecule has 5 N–H and O–H groups in total. The Balaban J connectivity index is 1.16. The summed E-state index contributed by atoms with van der Waals surface area (Å²) in [7, 11) is 0. The number of fused-ring (bicyclic) bond motifs is 5. The van der Waals surface area contributed by atoms with Crippen LogP contribution < -0.4 is 10.6 Å². The van der Waals surface area contributed by atoms with Crippen molar-refractivity contribution in [2.24, 2.45) is 5.41 Å². The van der Waals surface area contributed by atoms with Gasteiger partial charge in [-0.3, -0.25) is 24.0 Å². The largest absolute Gasteiger partial charge is 0.499 e. The second-order valence-corrected chi connectivity index (χ2v) is 16.8. The maximum absolute atomic E-state index is 15.0. The molecule has 2 aliphatic carbocycles. The summed E-state index contributed by atoms with van der Waals surface area (Å²) in [5.74, 6) is -3.82. The summed E-state index contributed by atoms with van der Waals surface area (Å²) in [6.45, 7) is 6.09. The van der Waals surface area contributed by atoms with Crippen molar-refractivity contribution in [1.82, 2.24) is 15.7 Å². The van der Waals surface area contributed by atoms with Gasteiger partial charge >= 0.3 is 11.9 Å². The van der Waals surface area contributed by atoms with Crippen LogP contribution in [0, 0.1) is 5.41 Å². The smallest absolute Gasteiger partial charge is 0.327 e. The van der Waals surface area contributed by atoms with Crippen molar-refractivity contribution in [2.75, 3.05) is 19.8 Å². The number of ether oxygens (including phenoxy) is 5. The summed E-state index contributed by atoms with van der Waals surface area (Å²) in [5, 5.41) is 36.8. The molecule has 2 aromatic carbocycles. The molecule has 1 saturated carbocycles. The van der Waals surface area contributed by atoms with Crippen molar-refractivity contribution >= 4 is 29.8 Å². The average molecular weight is 808 g/mol. The first kappa shape index (κ1) is 41.7. The molecule has 2 amide bonds. The number of carbonyl (C=O) groups excluding carboxylic acids is 4. The first-order valence-corrected chi connectivity index (χ1v) is 19.8. The van der Waals surface area contributed by atoms with Gasteiger partial charge in [-0.1, -0.05) is 48.5 Å². The van der Waals surface area contributed by atoms with E-state index in [0.29, 0.717) is 12.8 Å². The molecular formula is C42H53N3O13. The highest BCUT2D eigenvalue weighted by Crippen LogP contribution is 2.58. The highest BCUT2D eigenvalue weighted by atomic mass is 16.8. The fourth-order valence-electron chi connectivity index (χ4n) is 8.85. The maximum atomic E-state index is 15.0. The third-order valence-corrected chi connectivity index (χ3v) is 11.3. The molecule has 9 atom stereocenters. The number of nitrogens with zero attached hydrogens (tertiary/aromatic N) is 1. The Morgan fingerprint density at radius 1 is 1.03 bits per heavy atom. The molecule has 3 saturated heterocycles. The molecule has 4 fully saturated rings. The monoisotopic (exact) mass is 807 g/mol. The number of esters is 2. The van der Waals surface area contributed by atoms with Gasteiger partial charge in [0.05, 0.1) is 38.2 Å². The van der Waals surface area contributed by atoms with E-state index in [1.807, 2.05) is 48.5 Å². The lowest BCUT2D eigenvalue weighted by Crippen LogP contribution is -2.71. The van der Waals surface area contributed by atoms with Gasteiger partial charge < -0.3 is 49.6 Å². The number of hydrogen-bond donors (Lipinski definition) is 5. The number of nitrogens with one attached hydrogen (secondary N) is 2. The molecule has 3 aliphatic heterocycles. The number of hydroxylamine groups is 2. The predicted molar refractivity (Wildman–Crippen MR) is 204 cm³/mol. The SMILES string of the molecule is C[C@H](O)[C@@H](NC(=O)[C@@]12C[C@H]3OC(=O)[C@@H]1N(Cc1cccc(C=COCCO)c1)O[C@@H]2[C@H]1OC2(Cc4ccccc4C2)O[C@H]13)C(=O)N[C@H](CO)CCC(=O)OC(C)(C)C. The molecule has 0 unspecified atom stereocenters. The maximum Gasteiger partial charge on any atom is 0.327 e. The number of aliphatic hydroxyl groups excluding tert-OH is 3. The number of benzene rings is 2. The van der Waals surface area contributed by atoms with Crippen LogP contribution in [0.5, 0.6) is 0 Å². The summed E-state index contributed by atoms with van der Waals surface area (Å²) in [5.41, 5.74) is 1.27. The van der Waals surface area contributed by atoms with E-state index in [0.717, 1.165) is 22.3 Å². The summed E-state index contributed by atoms with van der Waals surface area (Å²) in [6.07, 6.45) is -0.956. The van der Waals surface area contributed by atoms with Crippen LogP contribution in [0.25, 0.3) is 6.08 Å². The molecule has 0 radical (unpaired) electrons. The summed E-state index contributed by atoms with van der Waals surface area (Å²) >= 11 is 0. The van der Waals surface area contributed by atoms with E-state index in [-0.39, 0.29) is 39.0 Å². The number of rotatable bonds is 15. The van der Waals surface area contributed by atoms with Crippen LogP contribution >= 0.6 is 0 Å². The Hall–Kier alpha value is -4.42. The molecule has 5 aliphatic rings. The van der Waals surface area contributed by atoms with Gasteiger partial charge in [0.2, 0.25) is 11.8 Å². The Morgan fingerprint density at radius 2 is 1.76 bits per heavy atom. The lowest BCUT2D eigenvalue weighted by molar-refractivity contribution is -0.217. The van der Waals surface area contributed by atoms with Gasteiger partial charge in [-0.05, 0) is 62.4 Å². The summed E-state index contributed by atoms with van der Waals surface area (Å²) in [6, 6.07) is 11.6. The van der Waals surface area contributed by atoms with E-state index >= 15 is 0 Å². The van der Waals surface area contributed by atoms with Crippen molar-refractivity contribution in [3.05, 3.63) is 77.0 Å². The van der Waals surface area contributed by atoms with Crippen LogP contribution in [-0.4, -0.2) is 124 Å². The Labute approximate surface area is 336 Å². The fourth-order valence-corrected chi connectivity index (χ4v) is 8.85. The zero-order chi connectivity index (χ0) is 41.4. The van der Waals surface area contributed by atoms with E-state index < -0.39 is 95.8 Å². The van der Waals surface area contributed by atoms with Crippen molar-refractivity contribution in [2.45, 2.75) is 126 Å². The first-order chi connectivity index (χ1) is 27.6. The van der Waals surface area contributed by atoms with E-state index in [9.17, 15) is 29.4 Å². The van der Waals surface area contributed by atoms with Crippen LogP contribution in [0.4, 0.5) is 0 Å². The van der Waals surface area contributed by atoms with Crippen molar-refractivity contribution in [1.29, 1.82) is 0 Å². The van der Waals surface area contributed by atoms with Crippen molar-refractivity contribution in [3.63, 3.8) is 0 Å². The molecule has 314 valence electrons. The number of amides is 2. The van der Waals surface area contributed by atoms with Crippen LogP contribution in [0.2, 0.25) is 0 Å². The van der Waals surface area contributed by atoms with Crippen LogP contribution in [0.3, 0.4) is 0 Å². The Kier molecular flexibility index (Phi) is 12.0. The second kappa shape index (κ2) is 16.7. The molecule has 1 spiro atoms. The standard InChI is InChI=1S/C42H53N3O13/c1-24(48)32(37(50)43-29(23-47)12-13-31(49)55-40(2,3)4)44-39(52)42-21-30-33-34(57-41(56-33)19-27-10-5-6-11-28(27)20-41)36(42)58-45(35(42)38(51)54-30)22-26-9-7-8-25(18-26)14-16-53-17-15-46/h5-11,14,16,18,24,29-30,32-36,46-48H,12-13,15,17,19-23H2,1-4H3,(H,43,50)(H,44,52)/t24-,29-,30+,32+,33-,34-,35-,36+,42-/m0/s1. The molecule has 58 heavy (non-hydrogen) atoms. The highest BCUT2D eigenvalue weighted by Gasteiger charge is 2.76. The fraction of sp³-hybridized carbons (Fsp3) is 0.571. The van der Waals surface area contributed by atoms with Crippen molar-refractivity contribution < 1.29 is 63.0 Å². The van der Waals surface area contributed by atoms with Crippen LogP contribution in [0.15, 0.2) is 54.8 Å². The van der Waals surface area contributed by atoms with E-state index in [1.165, 1.54) is 18.2 Å². The van der Waals surface area contributed by atoms with Gasteiger partial charge in [0, 0.05) is 25.7 Å². The third kappa shape index (κ3) is 8.37. The number of carbonyl (C=O) groups is 4. The van der Waals surface area contributed by atoms with Gasteiger partial charge in [-0.25, -0.2) is 0 Å². The molecule has 3 heterocycles. The zero-order valence-corrected chi connectivity index (χ0v) is 33.1. The lowest BCUT2D eigenvalue weighted by atomic mass is 9.62. The van der Waals surface area contributed by atoms with Gasteiger partial charge in [0.1, 0.15) is 48.1 Å². The Morgan fingerprint density at radius 3 is 2.43 bits per heavy atom. The number of aliphatic hydroxyl groups is 3. The first-order valence-electron chi connectivity index (χ1n) is 19.8. The van der Waals surface area contributed by atoms with Gasteiger partial charge in [-0.2, -0.15) is 5.06 Å². The minimum atomic E-state index is -1.66. The number of hydrogen-bond acceptors (Lipinski definition) is 14. The van der Waals surface area contributed by atoms with Gasteiger partial charge in [0.25, 0.3) is 0 Å². The highest BCUT2D eigenvalue weighted by molar-refractivity contribution is 5.96. The molecule has 7 rings (SSSR count). The molecule has 16 heteroatoms. The predicted octanol–water partition coefficient (Wildman–Crippen LogP) is 1.21. The minimum absolute atomic E-state index is 0.0156. The van der Waals surface area contributed by atoms with Crippen LogP contribution in [-0.2, 0) is 67.1 Å². The Bertz CT molecular complexity index is 1870. The molecule has 2 bridgehead atoms. The topological polar surface area (TPSA) is 212 Å². The summed E-state index contributed by atoms with van der Waals surface area (Å²) in [4.78, 5) is 62.0. The third-order valence-electron chi connectivity index (χ3n) is 11.3. The molecule has 0 aromatic heterocycles. The van der Waals surface area contributed by atoms with Crippen LogP contribution in [0.1, 0.15) is 69.2 Å². The zero-order valence-electron chi connectivity index (χ0n) is 33.1. The molecule has 16 nitrogen and oxygen atoms in total. The average Bonchev–Trinajstić information content (AvgIpc) is 3.84. The van der Waals surface area contributed by atoms with Gasteiger partial charge in [0.15, 0.2) is 11.8 Å². The quantitative estimate of drug-likeness (QED) is 0.0974. The van der Waals surface area contributed by atoms with Crippen molar-refractivity contribution in [3.8, 4) is 0 Å². The van der Waals surface area contributed by atoms with Gasteiger partial charge in [-0.15, -0.1) is 0 Å². The van der Waals surface area contributed by atoms with E-state index in [2.05, 4.69) is 10.6 Å². The van der Waals surface area contributed by atoms with E-state index in [1.54, 1.807) is 26.8 Å².